The molecule has 6 nitrogen and oxygen atoms in total. The zero-order valence-electron chi connectivity index (χ0n) is 7.19. The van der Waals surface area contributed by atoms with Crippen LogP contribution in [0.1, 0.15) is 12.8 Å². The maximum Gasteiger partial charge on any atom is 0.314 e. The molecule has 0 aromatic rings. The van der Waals surface area contributed by atoms with Gasteiger partial charge in [-0.1, -0.05) is 0 Å². The van der Waals surface area contributed by atoms with E-state index >= 15 is 0 Å². The second-order valence-electron chi connectivity index (χ2n) is 3.08. The Kier molecular flexibility index (Phi) is 3.07. The lowest BCUT2D eigenvalue weighted by atomic mass is 9.96. The normalized spacial score (nSPS) is 18.4. The van der Waals surface area contributed by atoms with Crippen molar-refractivity contribution in [3.8, 4) is 0 Å². The summed E-state index contributed by atoms with van der Waals surface area (Å²) in [6.07, 6.45) is 1.10. The van der Waals surface area contributed by atoms with Gasteiger partial charge in [-0.15, -0.1) is 0 Å². The highest BCUT2D eigenvalue weighted by molar-refractivity contribution is 5.78. The lowest BCUT2D eigenvalue weighted by Gasteiger charge is -2.29. The average Bonchev–Trinajstić information content (AvgIpc) is 2.17. The quantitative estimate of drug-likeness (QED) is 0.373. The van der Waals surface area contributed by atoms with E-state index in [-0.39, 0.29) is 11.8 Å². The molecule has 0 unspecified atom stereocenters. The molecule has 1 saturated heterocycles. The van der Waals surface area contributed by atoms with Gasteiger partial charge in [0.2, 0.25) is 5.91 Å². The molecular weight excluding hydrogens is 174 g/mol. The molecule has 0 aliphatic carbocycles. The van der Waals surface area contributed by atoms with E-state index in [9.17, 15) is 9.59 Å². The first kappa shape index (κ1) is 9.79. The third-order valence-corrected chi connectivity index (χ3v) is 2.29. The Balaban J connectivity index is 2.39. The Hall–Kier alpha value is -1.30. The van der Waals surface area contributed by atoms with Crippen molar-refractivity contribution in [1.29, 1.82) is 0 Å². The van der Waals surface area contributed by atoms with E-state index in [1.807, 2.05) is 0 Å². The van der Waals surface area contributed by atoms with Crippen molar-refractivity contribution in [3.63, 3.8) is 0 Å². The third-order valence-electron chi connectivity index (χ3n) is 2.29. The Morgan fingerprint density at radius 2 is 1.92 bits per heavy atom. The minimum Gasteiger partial charge on any atom is -0.351 e. The summed E-state index contributed by atoms with van der Waals surface area (Å²) < 4.78 is 0. The van der Waals surface area contributed by atoms with Crippen molar-refractivity contribution in [2.24, 2.45) is 11.7 Å². The molecule has 1 aliphatic heterocycles. The van der Waals surface area contributed by atoms with Gasteiger partial charge >= 0.3 is 6.03 Å². The maximum atomic E-state index is 10.9. The Bertz CT molecular complexity index is 211. The largest absolute Gasteiger partial charge is 0.351 e. The number of amides is 3. The van der Waals surface area contributed by atoms with Crippen LogP contribution in [0, 0.1) is 5.92 Å². The number of carbonyl (C=O) groups excluding carboxylic acids is 2. The SMILES string of the molecule is NC(=O)N1CCC(C(=O)NO)CC1. The Morgan fingerprint density at radius 1 is 1.38 bits per heavy atom. The molecule has 0 spiro atoms. The van der Waals surface area contributed by atoms with Gasteiger partial charge in [0.25, 0.3) is 0 Å². The van der Waals surface area contributed by atoms with E-state index in [4.69, 9.17) is 10.9 Å². The van der Waals surface area contributed by atoms with E-state index in [1.54, 1.807) is 5.48 Å². The zero-order valence-corrected chi connectivity index (χ0v) is 7.19. The van der Waals surface area contributed by atoms with Crippen molar-refractivity contribution in [3.05, 3.63) is 0 Å². The van der Waals surface area contributed by atoms with Gasteiger partial charge in [0, 0.05) is 19.0 Å². The number of primary amides is 1. The van der Waals surface area contributed by atoms with Crippen LogP contribution < -0.4 is 11.2 Å². The number of hydrogen-bond acceptors (Lipinski definition) is 3. The molecule has 1 aliphatic rings. The predicted octanol–water partition coefficient (Wildman–Crippen LogP) is -0.718. The molecule has 0 radical (unpaired) electrons. The summed E-state index contributed by atoms with van der Waals surface area (Å²) in [7, 11) is 0. The molecule has 0 atom stereocenters. The van der Waals surface area contributed by atoms with Crippen molar-refractivity contribution >= 4 is 11.9 Å². The zero-order chi connectivity index (χ0) is 9.84. The summed E-state index contributed by atoms with van der Waals surface area (Å²) in [5.74, 6) is -0.593. The molecule has 6 heteroatoms. The van der Waals surface area contributed by atoms with Crippen LogP contribution >= 0.6 is 0 Å². The van der Waals surface area contributed by atoms with Gasteiger partial charge in [-0.25, -0.2) is 10.3 Å². The van der Waals surface area contributed by atoms with E-state index in [0.717, 1.165) is 0 Å². The maximum absolute atomic E-state index is 10.9. The molecule has 74 valence electrons. The van der Waals surface area contributed by atoms with Crippen LogP contribution in [0.5, 0.6) is 0 Å². The standard InChI is InChI=1S/C7H13N3O3/c8-7(12)10-3-1-5(2-4-10)6(11)9-13/h5,13H,1-4H2,(H2,8,12)(H,9,11). The molecule has 3 amide bonds. The number of piperidine rings is 1. The third kappa shape index (κ3) is 2.32. The summed E-state index contributed by atoms with van der Waals surface area (Å²) in [4.78, 5) is 23.1. The van der Waals surface area contributed by atoms with Crippen molar-refractivity contribution in [2.45, 2.75) is 12.8 Å². The summed E-state index contributed by atoms with van der Waals surface area (Å²) in [6.45, 7) is 0.959. The predicted molar refractivity (Wildman–Crippen MR) is 43.8 cm³/mol. The van der Waals surface area contributed by atoms with Crippen LogP contribution in [-0.4, -0.2) is 35.1 Å². The molecule has 0 aromatic carbocycles. The summed E-state index contributed by atoms with van der Waals surface area (Å²) in [5, 5.41) is 8.36. The number of hydrogen-bond donors (Lipinski definition) is 3. The molecule has 1 fully saturated rings. The molecule has 0 aromatic heterocycles. The van der Waals surface area contributed by atoms with E-state index < -0.39 is 6.03 Å². The molecule has 1 heterocycles. The molecule has 4 N–H and O–H groups in total. The molecule has 1 rings (SSSR count). The van der Waals surface area contributed by atoms with E-state index in [1.165, 1.54) is 4.90 Å². The fourth-order valence-electron chi connectivity index (χ4n) is 1.45. The van der Waals surface area contributed by atoms with Crippen LogP contribution in [0.25, 0.3) is 0 Å². The monoisotopic (exact) mass is 187 g/mol. The Morgan fingerprint density at radius 3 is 2.31 bits per heavy atom. The highest BCUT2D eigenvalue weighted by atomic mass is 16.5. The number of urea groups is 1. The first-order chi connectivity index (χ1) is 6.15. The summed E-state index contributed by atoms with van der Waals surface area (Å²) in [5.41, 5.74) is 6.66. The highest BCUT2D eigenvalue weighted by Crippen LogP contribution is 2.16. The first-order valence-corrected chi connectivity index (χ1v) is 4.13. The van der Waals surface area contributed by atoms with Crippen LogP contribution in [0.3, 0.4) is 0 Å². The van der Waals surface area contributed by atoms with Crippen LogP contribution in [0.4, 0.5) is 4.79 Å². The van der Waals surface area contributed by atoms with Crippen LogP contribution in [-0.2, 0) is 4.79 Å². The fourth-order valence-corrected chi connectivity index (χ4v) is 1.45. The first-order valence-electron chi connectivity index (χ1n) is 4.13. The van der Waals surface area contributed by atoms with Crippen molar-refractivity contribution in [2.75, 3.05) is 13.1 Å². The second-order valence-corrected chi connectivity index (χ2v) is 3.08. The molecular formula is C7H13N3O3. The van der Waals surface area contributed by atoms with Gasteiger partial charge in [0.15, 0.2) is 0 Å². The fraction of sp³-hybridized carbons (Fsp3) is 0.714. The van der Waals surface area contributed by atoms with Gasteiger partial charge in [0.1, 0.15) is 0 Å². The summed E-state index contributed by atoms with van der Waals surface area (Å²) >= 11 is 0. The number of hydroxylamine groups is 1. The number of nitrogens with zero attached hydrogens (tertiary/aromatic N) is 1. The molecule has 0 saturated carbocycles. The highest BCUT2D eigenvalue weighted by Gasteiger charge is 2.25. The minimum atomic E-state index is -0.456. The number of nitrogens with one attached hydrogen (secondary N) is 1. The van der Waals surface area contributed by atoms with Crippen LogP contribution in [0.15, 0.2) is 0 Å². The lowest BCUT2D eigenvalue weighted by molar-refractivity contribution is -0.134. The van der Waals surface area contributed by atoms with E-state index in [2.05, 4.69) is 0 Å². The number of carbonyl (C=O) groups is 2. The van der Waals surface area contributed by atoms with Crippen molar-refractivity contribution < 1.29 is 14.8 Å². The number of rotatable bonds is 1. The average molecular weight is 187 g/mol. The number of nitrogens with two attached hydrogens (primary N) is 1. The van der Waals surface area contributed by atoms with Gasteiger partial charge < -0.3 is 10.6 Å². The van der Waals surface area contributed by atoms with Crippen LogP contribution in [0.2, 0.25) is 0 Å². The smallest absolute Gasteiger partial charge is 0.314 e. The molecule has 13 heavy (non-hydrogen) atoms. The topological polar surface area (TPSA) is 95.7 Å². The summed E-state index contributed by atoms with van der Waals surface area (Å²) in [6, 6.07) is -0.456. The van der Waals surface area contributed by atoms with Gasteiger partial charge in [-0.3, -0.25) is 10.0 Å². The second kappa shape index (κ2) is 4.08. The van der Waals surface area contributed by atoms with E-state index in [0.29, 0.717) is 25.9 Å². The Labute approximate surface area is 75.6 Å². The van der Waals surface area contributed by atoms with Gasteiger partial charge in [0.05, 0.1) is 0 Å². The lowest BCUT2D eigenvalue weighted by Crippen LogP contribution is -2.44. The molecule has 0 bridgehead atoms. The van der Waals surface area contributed by atoms with Gasteiger partial charge in [-0.2, -0.15) is 0 Å². The van der Waals surface area contributed by atoms with Gasteiger partial charge in [-0.05, 0) is 12.8 Å². The van der Waals surface area contributed by atoms with Crippen molar-refractivity contribution in [1.82, 2.24) is 10.4 Å². The number of likely N-dealkylation sites (tertiary alicyclic amines) is 1. The minimum absolute atomic E-state index is 0.208.